The molecule has 0 radical (unpaired) electrons. The monoisotopic (exact) mass is 494 g/mol. The Morgan fingerprint density at radius 2 is 1.36 bits per heavy atom. The Hall–Kier alpha value is -2.69. The molecule has 0 N–H and O–H groups in total. The normalized spacial score (nSPS) is 13.1. The standard InChI is InChI=1S/C31H46N2O3/c1-7-30(3,4)24-28(31(5,6)8-2)29(34)36-23-15-10-9-14-22-35-27-20-18-26(19-21-27)33-32-25-16-12-11-13-17-25/h11-13,16-21,28H,7-10,14-15,22-24H2,1-6H3/b33-32+. The highest BCUT2D eigenvalue weighted by Crippen LogP contribution is 2.40. The summed E-state index contributed by atoms with van der Waals surface area (Å²) in [5, 5.41) is 8.48. The summed E-state index contributed by atoms with van der Waals surface area (Å²) in [6.45, 7) is 14.4. The Labute approximate surface area is 218 Å². The molecule has 1 atom stereocenters. The Morgan fingerprint density at radius 3 is 1.94 bits per heavy atom. The fourth-order valence-electron chi connectivity index (χ4n) is 3.86. The van der Waals surface area contributed by atoms with Crippen LogP contribution in [0.15, 0.2) is 64.8 Å². The van der Waals surface area contributed by atoms with Crippen LogP contribution in [0.1, 0.15) is 86.5 Å². The second kappa shape index (κ2) is 14.8. The lowest BCUT2D eigenvalue weighted by Gasteiger charge is -2.37. The Morgan fingerprint density at radius 1 is 0.778 bits per heavy atom. The zero-order chi connectivity index (χ0) is 26.4. The van der Waals surface area contributed by atoms with Crippen LogP contribution in [0, 0.1) is 16.7 Å². The van der Waals surface area contributed by atoms with Crippen molar-refractivity contribution in [2.75, 3.05) is 13.2 Å². The second-order valence-electron chi connectivity index (χ2n) is 11.1. The van der Waals surface area contributed by atoms with E-state index >= 15 is 0 Å². The largest absolute Gasteiger partial charge is 0.494 e. The lowest BCUT2D eigenvalue weighted by atomic mass is 9.68. The number of carbonyl (C=O) groups is 1. The first-order valence-electron chi connectivity index (χ1n) is 13.5. The van der Waals surface area contributed by atoms with Crippen LogP contribution in [0.25, 0.3) is 0 Å². The molecule has 0 aliphatic carbocycles. The van der Waals surface area contributed by atoms with E-state index < -0.39 is 0 Å². The summed E-state index contributed by atoms with van der Waals surface area (Å²) in [6, 6.07) is 17.3. The number of ether oxygens (including phenoxy) is 2. The molecule has 5 heteroatoms. The van der Waals surface area contributed by atoms with E-state index in [0.717, 1.165) is 62.1 Å². The number of carbonyl (C=O) groups excluding carboxylic acids is 1. The highest BCUT2D eigenvalue weighted by Gasteiger charge is 2.38. The molecule has 198 valence electrons. The third kappa shape index (κ3) is 10.5. The molecular weight excluding hydrogens is 448 g/mol. The Bertz CT molecular complexity index is 921. The summed E-state index contributed by atoms with van der Waals surface area (Å²) in [4.78, 5) is 12.9. The zero-order valence-corrected chi connectivity index (χ0v) is 23.3. The molecule has 0 saturated heterocycles. The maximum absolute atomic E-state index is 12.9. The average molecular weight is 495 g/mol. The highest BCUT2D eigenvalue weighted by molar-refractivity contribution is 5.73. The van der Waals surface area contributed by atoms with Gasteiger partial charge in [-0.1, -0.05) is 72.6 Å². The summed E-state index contributed by atoms with van der Waals surface area (Å²) in [7, 11) is 0. The molecular formula is C31H46N2O3. The van der Waals surface area contributed by atoms with Crippen LogP contribution in [0.3, 0.4) is 0 Å². The summed E-state index contributed by atoms with van der Waals surface area (Å²) < 4.78 is 11.6. The second-order valence-corrected chi connectivity index (χ2v) is 11.1. The van der Waals surface area contributed by atoms with E-state index in [0.29, 0.717) is 13.2 Å². The number of hydrogen-bond acceptors (Lipinski definition) is 5. The van der Waals surface area contributed by atoms with Gasteiger partial charge in [0.05, 0.1) is 30.5 Å². The van der Waals surface area contributed by atoms with Crippen molar-refractivity contribution in [3.63, 3.8) is 0 Å². The maximum atomic E-state index is 12.9. The van der Waals surface area contributed by atoms with Gasteiger partial charge < -0.3 is 9.47 Å². The van der Waals surface area contributed by atoms with Gasteiger partial charge in [0.2, 0.25) is 0 Å². The quantitative estimate of drug-likeness (QED) is 0.133. The van der Waals surface area contributed by atoms with Crippen molar-refractivity contribution >= 4 is 17.3 Å². The van der Waals surface area contributed by atoms with Crippen molar-refractivity contribution in [1.82, 2.24) is 0 Å². The van der Waals surface area contributed by atoms with Crippen LogP contribution in [0.2, 0.25) is 0 Å². The van der Waals surface area contributed by atoms with Gasteiger partial charge >= 0.3 is 5.97 Å². The van der Waals surface area contributed by atoms with E-state index in [9.17, 15) is 4.79 Å². The number of esters is 1. The summed E-state index contributed by atoms with van der Waals surface area (Å²) >= 11 is 0. The van der Waals surface area contributed by atoms with Gasteiger partial charge in [0.25, 0.3) is 0 Å². The van der Waals surface area contributed by atoms with Crippen molar-refractivity contribution < 1.29 is 14.3 Å². The fraction of sp³-hybridized carbons (Fsp3) is 0.581. The minimum absolute atomic E-state index is 0.0292. The van der Waals surface area contributed by atoms with E-state index in [1.807, 2.05) is 54.6 Å². The van der Waals surface area contributed by atoms with Crippen LogP contribution in [0.5, 0.6) is 5.75 Å². The molecule has 0 amide bonds. The number of azo groups is 1. The van der Waals surface area contributed by atoms with Crippen LogP contribution >= 0.6 is 0 Å². The Balaban J connectivity index is 1.63. The predicted molar refractivity (Wildman–Crippen MR) is 148 cm³/mol. The minimum atomic E-state index is -0.0583. The molecule has 0 spiro atoms. The van der Waals surface area contributed by atoms with Crippen LogP contribution in [-0.4, -0.2) is 19.2 Å². The molecule has 0 saturated carbocycles. The van der Waals surface area contributed by atoms with Crippen LogP contribution < -0.4 is 4.74 Å². The first kappa shape index (κ1) is 29.5. The molecule has 2 rings (SSSR count). The molecule has 0 bridgehead atoms. The number of benzene rings is 2. The van der Waals surface area contributed by atoms with E-state index in [2.05, 4.69) is 51.8 Å². The summed E-state index contributed by atoms with van der Waals surface area (Å²) in [6.07, 6.45) is 6.83. The maximum Gasteiger partial charge on any atom is 0.309 e. The first-order valence-corrected chi connectivity index (χ1v) is 13.5. The van der Waals surface area contributed by atoms with E-state index in [-0.39, 0.29) is 22.7 Å². The number of rotatable bonds is 16. The summed E-state index contributed by atoms with van der Waals surface area (Å²) in [5.74, 6) is 0.748. The molecule has 0 aliphatic rings. The van der Waals surface area contributed by atoms with Crippen molar-refractivity contribution in [2.45, 2.75) is 86.5 Å². The van der Waals surface area contributed by atoms with Gasteiger partial charge in [0.15, 0.2) is 0 Å². The number of hydrogen-bond donors (Lipinski definition) is 0. The molecule has 2 aromatic carbocycles. The van der Waals surface area contributed by atoms with Gasteiger partial charge in [-0.15, -0.1) is 0 Å². The molecule has 0 fully saturated rings. The molecule has 36 heavy (non-hydrogen) atoms. The SMILES string of the molecule is CCC(C)(C)CC(C(=O)OCCCCCCOc1ccc(/N=N/c2ccccc2)cc1)C(C)(C)CC. The average Bonchev–Trinajstić information content (AvgIpc) is 2.88. The van der Waals surface area contributed by atoms with Gasteiger partial charge in [-0.05, 0) is 79.3 Å². The first-order chi connectivity index (χ1) is 17.2. The molecule has 0 heterocycles. The lowest BCUT2D eigenvalue weighted by Crippen LogP contribution is -2.35. The van der Waals surface area contributed by atoms with Gasteiger partial charge in [0.1, 0.15) is 5.75 Å². The molecule has 0 aliphatic heterocycles. The smallest absolute Gasteiger partial charge is 0.309 e. The predicted octanol–water partition coefficient (Wildman–Crippen LogP) is 9.46. The topological polar surface area (TPSA) is 60.2 Å². The van der Waals surface area contributed by atoms with Crippen LogP contribution in [0.4, 0.5) is 11.4 Å². The third-order valence-electron chi connectivity index (χ3n) is 7.28. The molecule has 2 aromatic rings. The molecule has 1 unspecified atom stereocenters. The highest BCUT2D eigenvalue weighted by atomic mass is 16.5. The van der Waals surface area contributed by atoms with Crippen molar-refractivity contribution in [3.05, 3.63) is 54.6 Å². The molecule has 0 aromatic heterocycles. The van der Waals surface area contributed by atoms with E-state index in [4.69, 9.17) is 9.47 Å². The number of unbranched alkanes of at least 4 members (excludes halogenated alkanes) is 3. The van der Waals surface area contributed by atoms with Gasteiger partial charge in [-0.3, -0.25) is 4.79 Å². The van der Waals surface area contributed by atoms with Crippen LogP contribution in [-0.2, 0) is 9.53 Å². The van der Waals surface area contributed by atoms with Crippen molar-refractivity contribution in [2.24, 2.45) is 27.0 Å². The van der Waals surface area contributed by atoms with E-state index in [1.165, 1.54) is 0 Å². The third-order valence-corrected chi connectivity index (χ3v) is 7.28. The van der Waals surface area contributed by atoms with Crippen molar-refractivity contribution in [3.8, 4) is 5.75 Å². The minimum Gasteiger partial charge on any atom is -0.494 e. The van der Waals surface area contributed by atoms with Gasteiger partial charge in [-0.25, -0.2) is 0 Å². The van der Waals surface area contributed by atoms with E-state index in [1.54, 1.807) is 0 Å². The Kier molecular flexibility index (Phi) is 12.1. The fourth-order valence-corrected chi connectivity index (χ4v) is 3.86. The van der Waals surface area contributed by atoms with Gasteiger partial charge in [0, 0.05) is 0 Å². The zero-order valence-electron chi connectivity index (χ0n) is 23.3. The summed E-state index contributed by atoms with van der Waals surface area (Å²) in [5.41, 5.74) is 1.72. The lowest BCUT2D eigenvalue weighted by molar-refractivity contribution is -0.154. The number of nitrogens with zero attached hydrogens (tertiary/aromatic N) is 2. The van der Waals surface area contributed by atoms with Crippen molar-refractivity contribution in [1.29, 1.82) is 0 Å². The molecule has 5 nitrogen and oxygen atoms in total. The van der Waals surface area contributed by atoms with Gasteiger partial charge in [-0.2, -0.15) is 10.2 Å².